The summed E-state index contributed by atoms with van der Waals surface area (Å²) in [5.41, 5.74) is 0.476. The van der Waals surface area contributed by atoms with Crippen LogP contribution in [0.15, 0.2) is 12.7 Å². The molecule has 1 aliphatic heterocycles. The molecule has 3 rings (SSSR count). The first kappa shape index (κ1) is 24.6. The van der Waals surface area contributed by atoms with E-state index < -0.39 is 20.0 Å². The molecule has 3 heterocycles. The molecule has 0 radical (unpaired) electrons. The lowest BCUT2D eigenvalue weighted by Crippen LogP contribution is -2.45. The van der Waals surface area contributed by atoms with Crippen LogP contribution in [0, 0.1) is 0 Å². The number of hydrogen-bond donors (Lipinski definition) is 1. The van der Waals surface area contributed by atoms with Crippen LogP contribution in [0.1, 0.15) is 67.5 Å². The molecule has 0 saturated carbocycles. The van der Waals surface area contributed by atoms with E-state index in [2.05, 4.69) is 61.1 Å². The van der Waals surface area contributed by atoms with Gasteiger partial charge in [-0.15, -0.1) is 0 Å². The van der Waals surface area contributed by atoms with Crippen molar-refractivity contribution in [1.82, 2.24) is 19.5 Å². The van der Waals surface area contributed by atoms with E-state index in [0.717, 1.165) is 12.8 Å². The van der Waals surface area contributed by atoms with E-state index in [0.29, 0.717) is 17.0 Å². The highest BCUT2D eigenvalue weighted by Gasteiger charge is 2.44. The minimum Gasteiger partial charge on any atom is -0.444 e. The Morgan fingerprint density at radius 1 is 1.22 bits per heavy atom. The van der Waals surface area contributed by atoms with E-state index in [4.69, 9.17) is 13.9 Å². The van der Waals surface area contributed by atoms with Gasteiger partial charge in [-0.25, -0.2) is 19.7 Å². The van der Waals surface area contributed by atoms with E-state index in [1.54, 1.807) is 27.1 Å². The van der Waals surface area contributed by atoms with Crippen LogP contribution in [0.25, 0.3) is 11.2 Å². The summed E-state index contributed by atoms with van der Waals surface area (Å²) in [5.74, 6) is 0.308. The van der Waals surface area contributed by atoms with E-state index in [1.165, 1.54) is 6.33 Å². The predicted octanol–water partition coefficient (Wildman–Crippen LogP) is 5.26. The van der Waals surface area contributed by atoms with Gasteiger partial charge in [-0.3, -0.25) is 9.88 Å². The van der Waals surface area contributed by atoms with Crippen LogP contribution in [0.2, 0.25) is 18.1 Å². The van der Waals surface area contributed by atoms with Gasteiger partial charge in [-0.2, -0.15) is 0 Å². The highest BCUT2D eigenvalue weighted by Crippen LogP contribution is 2.42. The third-order valence-electron chi connectivity index (χ3n) is 6.12. The topological polar surface area (TPSA) is 100 Å². The third-order valence-corrected chi connectivity index (χ3v) is 10.6. The van der Waals surface area contributed by atoms with Crippen LogP contribution in [0.3, 0.4) is 0 Å². The second-order valence-corrected chi connectivity index (χ2v) is 15.6. The van der Waals surface area contributed by atoms with Crippen molar-refractivity contribution in [2.45, 2.75) is 103 Å². The quantitative estimate of drug-likeness (QED) is 0.603. The number of fused-ring (bicyclic) bond motifs is 1. The van der Waals surface area contributed by atoms with Crippen molar-refractivity contribution in [2.24, 2.45) is 0 Å². The summed E-state index contributed by atoms with van der Waals surface area (Å²) in [6.45, 7) is 18.8. The first-order valence-corrected chi connectivity index (χ1v) is 14.1. The van der Waals surface area contributed by atoms with Crippen molar-refractivity contribution in [2.75, 3.05) is 5.32 Å². The van der Waals surface area contributed by atoms with Crippen LogP contribution in [0.4, 0.5) is 10.6 Å². The standard InChI is InChI=1S/C22H37N5O4Si/c1-10-14-15(31-32(8,9)22(5,6)7)11-16(29-14)27-13-25-17-18(23-12-24-19(17)27)26-20(28)30-21(2,3)4/h12-16H,10-11H2,1-9H3,(H,23,24,26,28)/t14-,15-,16-/m1/s1. The lowest BCUT2D eigenvalue weighted by Gasteiger charge is -2.39. The average Bonchev–Trinajstić information content (AvgIpc) is 3.23. The van der Waals surface area contributed by atoms with E-state index in [9.17, 15) is 4.79 Å². The van der Waals surface area contributed by atoms with Gasteiger partial charge >= 0.3 is 6.09 Å². The van der Waals surface area contributed by atoms with E-state index in [-0.39, 0.29) is 23.5 Å². The fraction of sp³-hybridized carbons (Fsp3) is 0.727. The summed E-state index contributed by atoms with van der Waals surface area (Å²) >= 11 is 0. The summed E-state index contributed by atoms with van der Waals surface area (Å²) in [7, 11) is -1.94. The first-order valence-electron chi connectivity index (χ1n) is 11.2. The van der Waals surface area contributed by atoms with Crippen LogP contribution in [-0.2, 0) is 13.9 Å². The Labute approximate surface area is 191 Å². The van der Waals surface area contributed by atoms with Gasteiger partial charge in [0.05, 0.1) is 18.5 Å². The highest BCUT2D eigenvalue weighted by molar-refractivity contribution is 6.74. The summed E-state index contributed by atoms with van der Waals surface area (Å²) in [6, 6.07) is 0. The van der Waals surface area contributed by atoms with Gasteiger partial charge in [0.25, 0.3) is 0 Å². The molecule has 178 valence electrons. The molecule has 3 atom stereocenters. The first-order chi connectivity index (χ1) is 14.7. The molecule has 0 spiro atoms. The fourth-order valence-electron chi connectivity index (χ4n) is 3.47. The van der Waals surface area contributed by atoms with Crippen molar-refractivity contribution in [3.05, 3.63) is 12.7 Å². The molecule has 1 amide bonds. The molecule has 2 aromatic rings. The Balaban J connectivity index is 1.82. The molecular weight excluding hydrogens is 426 g/mol. The number of nitrogens with zero attached hydrogens (tertiary/aromatic N) is 4. The molecule has 2 aromatic heterocycles. The molecule has 10 heteroatoms. The SMILES string of the molecule is CC[C@H]1O[C@@H](n2cnc3c(NC(=O)OC(C)(C)C)ncnc32)C[C@H]1O[Si](C)(C)C(C)(C)C. The van der Waals surface area contributed by atoms with Gasteiger partial charge in [0.1, 0.15) is 18.2 Å². The molecule has 32 heavy (non-hydrogen) atoms. The van der Waals surface area contributed by atoms with Crippen LogP contribution < -0.4 is 5.32 Å². The van der Waals surface area contributed by atoms with Gasteiger partial charge in [0.2, 0.25) is 0 Å². The van der Waals surface area contributed by atoms with Crippen molar-refractivity contribution >= 4 is 31.4 Å². The summed E-state index contributed by atoms with van der Waals surface area (Å²) in [6.07, 6.45) is 3.87. The lowest BCUT2D eigenvalue weighted by molar-refractivity contribution is -0.0162. The third kappa shape index (κ3) is 5.29. The molecule has 1 aliphatic rings. The monoisotopic (exact) mass is 463 g/mol. The van der Waals surface area contributed by atoms with Gasteiger partial charge < -0.3 is 13.9 Å². The normalized spacial score (nSPS) is 22.3. The van der Waals surface area contributed by atoms with Gasteiger partial charge in [0, 0.05) is 6.42 Å². The number of nitrogens with one attached hydrogen (secondary N) is 1. The predicted molar refractivity (Wildman–Crippen MR) is 126 cm³/mol. The van der Waals surface area contributed by atoms with Crippen LogP contribution in [-0.4, -0.2) is 51.7 Å². The molecule has 1 saturated heterocycles. The molecule has 1 fully saturated rings. The molecule has 0 bridgehead atoms. The highest BCUT2D eigenvalue weighted by atomic mass is 28.4. The lowest BCUT2D eigenvalue weighted by atomic mass is 10.1. The molecule has 0 aliphatic carbocycles. The number of imidazole rings is 1. The number of hydrogen-bond acceptors (Lipinski definition) is 7. The van der Waals surface area contributed by atoms with E-state index in [1.807, 2.05) is 4.57 Å². The Kier molecular flexibility index (Phi) is 6.70. The minimum atomic E-state index is -1.94. The van der Waals surface area contributed by atoms with Gasteiger partial charge in [0.15, 0.2) is 25.3 Å². The summed E-state index contributed by atoms with van der Waals surface area (Å²) < 4.78 is 20.3. The second kappa shape index (κ2) is 8.72. The van der Waals surface area contributed by atoms with E-state index >= 15 is 0 Å². The Morgan fingerprint density at radius 3 is 2.50 bits per heavy atom. The molecule has 0 unspecified atom stereocenters. The molecule has 1 N–H and O–H groups in total. The zero-order chi connectivity index (χ0) is 23.9. The summed E-state index contributed by atoms with van der Waals surface area (Å²) in [4.78, 5) is 25.2. The number of anilines is 1. The van der Waals surface area contributed by atoms with Crippen molar-refractivity contribution < 1.29 is 18.7 Å². The largest absolute Gasteiger partial charge is 0.444 e. The van der Waals surface area contributed by atoms with Crippen molar-refractivity contribution in [1.29, 1.82) is 0 Å². The van der Waals surface area contributed by atoms with Crippen molar-refractivity contribution in [3.8, 4) is 0 Å². The number of aromatic nitrogens is 4. The Hall–Kier alpha value is -2.04. The zero-order valence-corrected chi connectivity index (χ0v) is 21.7. The van der Waals surface area contributed by atoms with Gasteiger partial charge in [-0.1, -0.05) is 27.7 Å². The summed E-state index contributed by atoms with van der Waals surface area (Å²) in [5, 5.41) is 2.80. The number of amides is 1. The number of carbonyl (C=O) groups excluding carboxylic acids is 1. The van der Waals surface area contributed by atoms with Crippen LogP contribution in [0.5, 0.6) is 0 Å². The maximum atomic E-state index is 12.2. The van der Waals surface area contributed by atoms with Crippen LogP contribution >= 0.6 is 0 Å². The number of rotatable bonds is 5. The number of carbonyl (C=O) groups is 1. The zero-order valence-electron chi connectivity index (χ0n) is 20.7. The second-order valence-electron chi connectivity index (χ2n) is 10.9. The maximum absolute atomic E-state index is 12.2. The molecular formula is C22H37N5O4Si. The Bertz CT molecular complexity index is 963. The number of ether oxygens (including phenoxy) is 2. The average molecular weight is 464 g/mol. The minimum absolute atomic E-state index is 0.00720. The molecule has 0 aromatic carbocycles. The fourth-order valence-corrected chi connectivity index (χ4v) is 4.83. The molecule has 9 nitrogen and oxygen atoms in total. The Morgan fingerprint density at radius 2 is 1.91 bits per heavy atom. The maximum Gasteiger partial charge on any atom is 0.413 e. The van der Waals surface area contributed by atoms with Gasteiger partial charge in [-0.05, 0) is 45.3 Å². The van der Waals surface area contributed by atoms with Crippen molar-refractivity contribution in [3.63, 3.8) is 0 Å². The smallest absolute Gasteiger partial charge is 0.413 e.